The van der Waals surface area contributed by atoms with Crippen LogP contribution in [0.3, 0.4) is 0 Å². The molecule has 1 aromatic carbocycles. The van der Waals surface area contributed by atoms with E-state index in [0.29, 0.717) is 17.1 Å². The number of amides is 2. The monoisotopic (exact) mass is 284 g/mol. The third kappa shape index (κ3) is 2.79. The number of aromatic amines is 1. The number of nitrogens with one attached hydrogen (secondary N) is 3. The Morgan fingerprint density at radius 2 is 1.95 bits per heavy atom. The van der Waals surface area contributed by atoms with Crippen molar-refractivity contribution in [1.29, 1.82) is 0 Å². The molecule has 0 aliphatic heterocycles. The fraction of sp³-hybridized carbons (Fsp3) is 0.267. The molecule has 6 nitrogen and oxygen atoms in total. The number of H-pyrrole nitrogens is 1. The van der Waals surface area contributed by atoms with E-state index in [9.17, 15) is 9.59 Å². The van der Waals surface area contributed by atoms with Gasteiger partial charge in [-0.3, -0.25) is 14.7 Å². The maximum Gasteiger partial charge on any atom is 0.276 e. The predicted molar refractivity (Wildman–Crippen MR) is 79.3 cm³/mol. The van der Waals surface area contributed by atoms with Gasteiger partial charge in [0.25, 0.3) is 5.91 Å². The number of carbonyl (C=O) groups excluding carboxylic acids is 2. The predicted octanol–water partition coefficient (Wildman–Crippen LogP) is 2.11. The smallest absolute Gasteiger partial charge is 0.276 e. The number of hydrogen-bond donors (Lipinski definition) is 3. The van der Waals surface area contributed by atoms with Gasteiger partial charge in [-0.15, -0.1) is 0 Å². The average molecular weight is 284 g/mol. The number of rotatable bonds is 3. The molecule has 2 amide bonds. The number of aryl methyl sites for hydroxylation is 1. The van der Waals surface area contributed by atoms with E-state index in [1.807, 2.05) is 0 Å². The number of fused-ring (bicyclic) bond motifs is 1. The van der Waals surface area contributed by atoms with Crippen LogP contribution in [-0.2, 0) is 17.6 Å². The summed E-state index contributed by atoms with van der Waals surface area (Å²) in [5.41, 5.74) is 3.82. The molecule has 0 saturated heterocycles. The van der Waals surface area contributed by atoms with Crippen molar-refractivity contribution in [1.82, 2.24) is 10.2 Å². The van der Waals surface area contributed by atoms with Gasteiger partial charge in [-0.1, -0.05) is 6.07 Å². The topological polar surface area (TPSA) is 86.9 Å². The lowest BCUT2D eigenvalue weighted by molar-refractivity contribution is -0.114. The zero-order valence-corrected chi connectivity index (χ0v) is 11.7. The highest BCUT2D eigenvalue weighted by Gasteiger charge is 2.22. The molecule has 6 heteroatoms. The zero-order valence-electron chi connectivity index (χ0n) is 11.7. The van der Waals surface area contributed by atoms with Gasteiger partial charge in [0, 0.05) is 29.6 Å². The van der Waals surface area contributed by atoms with Gasteiger partial charge < -0.3 is 10.6 Å². The SMILES string of the molecule is CC(=O)Nc1cccc(NC(=O)c2n[nH]c3c2CCC3)c1. The fourth-order valence-corrected chi connectivity index (χ4v) is 2.58. The first kappa shape index (κ1) is 13.4. The number of aromatic nitrogens is 2. The van der Waals surface area contributed by atoms with E-state index in [1.54, 1.807) is 24.3 Å². The summed E-state index contributed by atoms with van der Waals surface area (Å²) < 4.78 is 0. The van der Waals surface area contributed by atoms with Crippen molar-refractivity contribution in [2.75, 3.05) is 10.6 Å². The van der Waals surface area contributed by atoms with Gasteiger partial charge in [-0.05, 0) is 37.5 Å². The van der Waals surface area contributed by atoms with Crippen molar-refractivity contribution >= 4 is 23.2 Å². The third-order valence-corrected chi connectivity index (χ3v) is 3.46. The Balaban J connectivity index is 1.77. The molecule has 3 N–H and O–H groups in total. The van der Waals surface area contributed by atoms with Crippen molar-refractivity contribution in [2.24, 2.45) is 0 Å². The van der Waals surface area contributed by atoms with Crippen LogP contribution in [0.1, 0.15) is 35.1 Å². The van der Waals surface area contributed by atoms with E-state index in [2.05, 4.69) is 20.8 Å². The Labute approximate surface area is 121 Å². The Morgan fingerprint density at radius 1 is 1.19 bits per heavy atom. The van der Waals surface area contributed by atoms with Crippen LogP contribution in [0.25, 0.3) is 0 Å². The van der Waals surface area contributed by atoms with Crippen molar-refractivity contribution < 1.29 is 9.59 Å². The Bertz CT molecular complexity index is 705. The normalized spacial score (nSPS) is 12.8. The van der Waals surface area contributed by atoms with Gasteiger partial charge in [0.05, 0.1) is 0 Å². The molecule has 1 aliphatic carbocycles. The Morgan fingerprint density at radius 3 is 2.71 bits per heavy atom. The molecular formula is C15H16N4O2. The van der Waals surface area contributed by atoms with Crippen LogP contribution < -0.4 is 10.6 Å². The lowest BCUT2D eigenvalue weighted by Crippen LogP contribution is -2.14. The van der Waals surface area contributed by atoms with Crippen LogP contribution in [0.15, 0.2) is 24.3 Å². The third-order valence-electron chi connectivity index (χ3n) is 3.46. The maximum absolute atomic E-state index is 12.3. The molecule has 2 aromatic rings. The molecule has 0 fully saturated rings. The summed E-state index contributed by atoms with van der Waals surface area (Å²) in [7, 11) is 0. The number of benzene rings is 1. The number of hydrogen-bond acceptors (Lipinski definition) is 3. The van der Waals surface area contributed by atoms with E-state index in [4.69, 9.17) is 0 Å². The standard InChI is InChI=1S/C15H16N4O2/c1-9(20)16-10-4-2-5-11(8-10)17-15(21)14-12-6-3-7-13(12)18-19-14/h2,4-5,8H,3,6-7H2,1H3,(H,16,20)(H,17,21)(H,18,19). The fourth-order valence-electron chi connectivity index (χ4n) is 2.58. The molecule has 0 radical (unpaired) electrons. The van der Waals surface area contributed by atoms with E-state index >= 15 is 0 Å². The second-order valence-electron chi connectivity index (χ2n) is 5.10. The van der Waals surface area contributed by atoms with Gasteiger partial charge in [-0.25, -0.2) is 0 Å². The molecular weight excluding hydrogens is 268 g/mol. The van der Waals surface area contributed by atoms with Gasteiger partial charge in [0.1, 0.15) is 0 Å². The summed E-state index contributed by atoms with van der Waals surface area (Å²) in [5, 5.41) is 12.5. The van der Waals surface area contributed by atoms with Crippen LogP contribution in [-0.4, -0.2) is 22.0 Å². The minimum Gasteiger partial charge on any atom is -0.326 e. The molecule has 108 valence electrons. The molecule has 0 unspecified atom stereocenters. The second kappa shape index (κ2) is 5.40. The molecule has 21 heavy (non-hydrogen) atoms. The summed E-state index contributed by atoms with van der Waals surface area (Å²) >= 11 is 0. The molecule has 0 atom stereocenters. The summed E-state index contributed by atoms with van der Waals surface area (Å²) in [6.45, 7) is 1.44. The summed E-state index contributed by atoms with van der Waals surface area (Å²) in [6, 6.07) is 7.03. The quantitative estimate of drug-likeness (QED) is 0.806. The van der Waals surface area contributed by atoms with Gasteiger partial charge in [0.15, 0.2) is 5.69 Å². The highest BCUT2D eigenvalue weighted by molar-refractivity contribution is 6.04. The molecule has 3 rings (SSSR count). The summed E-state index contributed by atoms with van der Waals surface area (Å²) in [5.74, 6) is -0.377. The zero-order chi connectivity index (χ0) is 14.8. The van der Waals surface area contributed by atoms with Crippen LogP contribution in [0, 0.1) is 0 Å². The number of carbonyl (C=O) groups is 2. The van der Waals surface area contributed by atoms with E-state index in [-0.39, 0.29) is 11.8 Å². The Kier molecular flexibility index (Phi) is 3.43. The molecule has 0 spiro atoms. The van der Waals surface area contributed by atoms with Crippen molar-refractivity contribution in [2.45, 2.75) is 26.2 Å². The van der Waals surface area contributed by atoms with Crippen LogP contribution in [0.2, 0.25) is 0 Å². The largest absolute Gasteiger partial charge is 0.326 e. The van der Waals surface area contributed by atoms with Gasteiger partial charge in [0.2, 0.25) is 5.91 Å². The second-order valence-corrected chi connectivity index (χ2v) is 5.10. The van der Waals surface area contributed by atoms with E-state index in [1.165, 1.54) is 6.92 Å². The van der Waals surface area contributed by atoms with Crippen molar-refractivity contribution in [3.8, 4) is 0 Å². The minimum absolute atomic E-state index is 0.149. The summed E-state index contributed by atoms with van der Waals surface area (Å²) in [4.78, 5) is 23.3. The molecule has 1 aliphatic rings. The van der Waals surface area contributed by atoms with Crippen molar-refractivity contribution in [3.63, 3.8) is 0 Å². The highest BCUT2D eigenvalue weighted by atomic mass is 16.2. The van der Waals surface area contributed by atoms with E-state index < -0.39 is 0 Å². The maximum atomic E-state index is 12.3. The molecule has 1 aromatic heterocycles. The molecule has 1 heterocycles. The lowest BCUT2D eigenvalue weighted by atomic mass is 10.2. The van der Waals surface area contributed by atoms with Crippen LogP contribution >= 0.6 is 0 Å². The Hall–Kier alpha value is -2.63. The first-order valence-electron chi connectivity index (χ1n) is 6.88. The van der Waals surface area contributed by atoms with Gasteiger partial charge >= 0.3 is 0 Å². The average Bonchev–Trinajstić information content (AvgIpc) is 2.99. The minimum atomic E-state index is -0.227. The highest BCUT2D eigenvalue weighted by Crippen LogP contribution is 2.24. The first-order chi connectivity index (χ1) is 10.1. The van der Waals surface area contributed by atoms with Crippen LogP contribution in [0.5, 0.6) is 0 Å². The van der Waals surface area contributed by atoms with Crippen LogP contribution in [0.4, 0.5) is 11.4 Å². The molecule has 0 saturated carbocycles. The molecule has 0 bridgehead atoms. The number of nitrogens with zero attached hydrogens (tertiary/aromatic N) is 1. The number of anilines is 2. The lowest BCUT2D eigenvalue weighted by Gasteiger charge is -2.07. The first-order valence-corrected chi connectivity index (χ1v) is 6.88. The summed E-state index contributed by atoms with van der Waals surface area (Å²) in [6.07, 6.45) is 2.90. The van der Waals surface area contributed by atoms with E-state index in [0.717, 1.165) is 30.5 Å². The van der Waals surface area contributed by atoms with Crippen molar-refractivity contribution in [3.05, 3.63) is 41.2 Å². The van der Waals surface area contributed by atoms with Gasteiger partial charge in [-0.2, -0.15) is 5.10 Å².